The summed E-state index contributed by atoms with van der Waals surface area (Å²) in [6.45, 7) is 31.7. The first-order chi connectivity index (χ1) is 37.5. The van der Waals surface area contributed by atoms with Crippen molar-refractivity contribution in [3.05, 3.63) is 214 Å². The predicted octanol–water partition coefficient (Wildman–Crippen LogP) is 18.8. The van der Waals surface area contributed by atoms with Gasteiger partial charge in [0.1, 0.15) is 17.3 Å². The number of fused-ring (bicyclic) bond motifs is 15. The minimum atomic E-state index is -0.633. The van der Waals surface area contributed by atoms with Crippen LogP contribution in [0, 0.1) is 6.92 Å². The topological polar surface area (TPSA) is 38.5 Å². The number of benzene rings is 8. The molecule has 0 atom stereocenters. The van der Waals surface area contributed by atoms with Gasteiger partial charge in [0.05, 0.1) is 63.1 Å². The fourth-order valence-electron chi connectivity index (χ4n) is 13.9. The molecule has 2 aliphatic heterocycles. The highest BCUT2D eigenvalue weighted by Crippen LogP contribution is 2.68. The maximum absolute atomic E-state index is 7.21. The van der Waals surface area contributed by atoms with Crippen LogP contribution < -0.4 is 14.5 Å². The molecule has 6 nitrogen and oxygen atoms in total. The molecule has 394 valence electrons. The third-order valence-electron chi connectivity index (χ3n) is 17.8. The van der Waals surface area contributed by atoms with Crippen molar-refractivity contribution < 1.29 is 4.74 Å². The van der Waals surface area contributed by atoms with Gasteiger partial charge in [-0.1, -0.05) is 180 Å². The van der Waals surface area contributed by atoms with Crippen LogP contribution in [-0.2, 0) is 27.1 Å². The molecule has 3 aromatic heterocycles. The molecular formula is C73H71N5O. The molecule has 8 aromatic carbocycles. The Kier molecular flexibility index (Phi) is 10.3. The molecule has 0 amide bonds. The number of rotatable bonds is 4. The maximum atomic E-state index is 7.21. The first-order valence-electron chi connectivity index (χ1n) is 28.4. The minimum Gasteiger partial charge on any atom is -0.457 e. The van der Waals surface area contributed by atoms with Gasteiger partial charge in [0.15, 0.2) is 0 Å². The summed E-state index contributed by atoms with van der Waals surface area (Å²) in [5.41, 5.74) is 23.1. The highest BCUT2D eigenvalue weighted by atomic mass is 16.5. The molecule has 0 N–H and O–H groups in total. The fourth-order valence-corrected chi connectivity index (χ4v) is 13.9. The number of para-hydroxylation sites is 4. The van der Waals surface area contributed by atoms with Crippen LogP contribution in [0.25, 0.3) is 66.2 Å². The number of aryl methyl sites for hydroxylation is 1. The van der Waals surface area contributed by atoms with E-state index in [4.69, 9.17) is 9.72 Å². The van der Waals surface area contributed by atoms with Crippen LogP contribution in [0.15, 0.2) is 164 Å². The van der Waals surface area contributed by atoms with E-state index in [1.807, 2.05) is 6.20 Å². The van der Waals surface area contributed by atoms with E-state index in [0.717, 1.165) is 51.7 Å². The van der Waals surface area contributed by atoms with Gasteiger partial charge in [0, 0.05) is 40.7 Å². The highest BCUT2D eigenvalue weighted by molar-refractivity contribution is 6.11. The molecule has 0 saturated heterocycles. The lowest BCUT2D eigenvalue weighted by molar-refractivity contribution is 0.482. The second-order valence-electron chi connectivity index (χ2n) is 27.1. The molecule has 1 aliphatic carbocycles. The average Bonchev–Trinajstić information content (AvgIpc) is 1.95. The molecule has 14 rings (SSSR count). The first-order valence-corrected chi connectivity index (χ1v) is 28.4. The SMILES string of the molecule is Cc1cc(-n2c3ccccc3c3ccc(Oc4ccc5c(c4)N4CN(C)c6cccc(c64)C54c5c(cc(C(C)(C)C)cc5C(C)(C)C)-c5cc(C(C)(C)C)cc(C(C)(C)C)c54)cc32)ncc1-n1c2ccccc2c2ccccc21. The first kappa shape index (κ1) is 49.2. The Hall–Kier alpha value is -8.09. The van der Waals surface area contributed by atoms with E-state index in [-0.39, 0.29) is 21.7 Å². The van der Waals surface area contributed by atoms with Crippen molar-refractivity contribution in [3.8, 4) is 34.1 Å². The average molecular weight is 1030 g/mol. The lowest BCUT2D eigenvalue weighted by atomic mass is 9.59. The van der Waals surface area contributed by atoms with Crippen LogP contribution in [0.2, 0.25) is 0 Å². The Bertz CT molecular complexity index is 4270. The zero-order valence-corrected chi connectivity index (χ0v) is 48.4. The molecule has 0 fully saturated rings. The summed E-state index contributed by atoms with van der Waals surface area (Å²) < 4.78 is 11.9. The van der Waals surface area contributed by atoms with Crippen molar-refractivity contribution in [2.45, 2.75) is 117 Å². The zero-order valence-electron chi connectivity index (χ0n) is 48.4. The Balaban J connectivity index is 0.968. The summed E-state index contributed by atoms with van der Waals surface area (Å²) in [4.78, 5) is 10.3. The van der Waals surface area contributed by atoms with Gasteiger partial charge in [0.2, 0.25) is 0 Å². The van der Waals surface area contributed by atoms with E-state index in [2.05, 4.69) is 274 Å². The number of hydrogen-bond donors (Lipinski definition) is 0. The Morgan fingerprint density at radius 3 is 1.52 bits per heavy atom. The number of ether oxygens (including phenoxy) is 1. The van der Waals surface area contributed by atoms with Crippen molar-refractivity contribution in [2.75, 3.05) is 23.5 Å². The van der Waals surface area contributed by atoms with Gasteiger partial charge in [-0.05, 0) is 138 Å². The molecule has 3 aliphatic rings. The van der Waals surface area contributed by atoms with Crippen LogP contribution in [0.1, 0.15) is 133 Å². The highest BCUT2D eigenvalue weighted by Gasteiger charge is 2.57. The normalized spacial score (nSPS) is 14.7. The van der Waals surface area contributed by atoms with Crippen molar-refractivity contribution in [1.82, 2.24) is 14.1 Å². The predicted molar refractivity (Wildman–Crippen MR) is 332 cm³/mol. The molecular weight excluding hydrogens is 963 g/mol. The van der Waals surface area contributed by atoms with Crippen LogP contribution in [0.5, 0.6) is 11.5 Å². The van der Waals surface area contributed by atoms with Crippen LogP contribution in [0.3, 0.4) is 0 Å². The second kappa shape index (κ2) is 16.5. The summed E-state index contributed by atoms with van der Waals surface area (Å²) in [6.07, 6.45) is 2.05. The van der Waals surface area contributed by atoms with Gasteiger partial charge in [-0.2, -0.15) is 0 Å². The van der Waals surface area contributed by atoms with E-state index in [1.165, 1.54) is 99.9 Å². The number of nitrogens with zero attached hydrogens (tertiary/aromatic N) is 5. The number of anilines is 3. The molecule has 1 spiro atoms. The summed E-state index contributed by atoms with van der Waals surface area (Å²) >= 11 is 0. The van der Waals surface area contributed by atoms with Gasteiger partial charge in [-0.15, -0.1) is 0 Å². The fraction of sp³-hybridized carbons (Fsp3) is 0.274. The van der Waals surface area contributed by atoms with Crippen LogP contribution in [0.4, 0.5) is 17.1 Å². The van der Waals surface area contributed by atoms with Gasteiger partial charge < -0.3 is 19.1 Å². The lowest BCUT2D eigenvalue weighted by Crippen LogP contribution is -2.40. The summed E-state index contributed by atoms with van der Waals surface area (Å²) in [5, 5.41) is 4.80. The summed E-state index contributed by atoms with van der Waals surface area (Å²) in [5.74, 6) is 2.43. The van der Waals surface area contributed by atoms with Gasteiger partial charge in [0.25, 0.3) is 0 Å². The molecule has 11 aromatic rings. The van der Waals surface area contributed by atoms with Crippen molar-refractivity contribution in [2.24, 2.45) is 0 Å². The Morgan fingerprint density at radius 2 is 0.975 bits per heavy atom. The summed E-state index contributed by atoms with van der Waals surface area (Å²) in [7, 11) is 2.24. The van der Waals surface area contributed by atoms with E-state index in [0.29, 0.717) is 0 Å². The zero-order chi connectivity index (χ0) is 55.0. The van der Waals surface area contributed by atoms with Gasteiger partial charge >= 0.3 is 0 Å². The molecule has 0 bridgehead atoms. The van der Waals surface area contributed by atoms with Crippen LogP contribution in [-0.4, -0.2) is 27.8 Å². The third kappa shape index (κ3) is 7.05. The molecule has 6 heteroatoms. The Labute approximate surface area is 465 Å². The lowest BCUT2D eigenvalue weighted by Gasteiger charge is -2.46. The Morgan fingerprint density at radius 1 is 0.456 bits per heavy atom. The number of pyridine rings is 1. The van der Waals surface area contributed by atoms with Crippen molar-refractivity contribution in [1.29, 1.82) is 0 Å². The van der Waals surface area contributed by atoms with E-state index in [9.17, 15) is 0 Å². The van der Waals surface area contributed by atoms with E-state index >= 15 is 0 Å². The van der Waals surface area contributed by atoms with Gasteiger partial charge in [-0.3, -0.25) is 4.57 Å². The van der Waals surface area contributed by atoms with Gasteiger partial charge in [-0.25, -0.2) is 4.98 Å². The second-order valence-corrected chi connectivity index (χ2v) is 27.1. The van der Waals surface area contributed by atoms with Crippen molar-refractivity contribution in [3.63, 3.8) is 0 Å². The molecule has 79 heavy (non-hydrogen) atoms. The quantitative estimate of drug-likeness (QED) is 0.176. The smallest absolute Gasteiger partial charge is 0.137 e. The molecule has 0 radical (unpaired) electrons. The van der Waals surface area contributed by atoms with E-state index < -0.39 is 5.41 Å². The minimum absolute atomic E-state index is 0.0600. The standard InChI is InChI=1S/C73H71N5O/c1-43-34-65(74-41-64(43)77-58-26-18-15-22-48(58)49-23-16-19-27-59(49)77)78-60-28-20-17-24-50(60)51-32-30-46(39-62(51)78)79-47-31-33-54-63(40-47)76-42-75(14)61-29-21-25-55(68(61)76)73(54)66-52(35-44(69(2,3)4)37-56(66)71(8,9)10)53-36-45(70(5,6)7)38-57(67(53)73)72(11,12)13/h15-41H,42H2,1-14H3. The van der Waals surface area contributed by atoms with Crippen molar-refractivity contribution >= 4 is 60.7 Å². The summed E-state index contributed by atoms with van der Waals surface area (Å²) in [6, 6.07) is 59.2. The number of hydrogen-bond acceptors (Lipinski definition) is 4. The van der Waals surface area contributed by atoms with Crippen LogP contribution >= 0.6 is 0 Å². The maximum Gasteiger partial charge on any atom is 0.137 e. The number of aromatic nitrogens is 3. The molecule has 5 heterocycles. The molecule has 0 unspecified atom stereocenters. The van der Waals surface area contributed by atoms with E-state index in [1.54, 1.807) is 0 Å². The third-order valence-corrected chi connectivity index (χ3v) is 17.8. The monoisotopic (exact) mass is 1030 g/mol. The molecule has 0 saturated carbocycles. The largest absolute Gasteiger partial charge is 0.457 e.